The van der Waals surface area contributed by atoms with Gasteiger partial charge in [-0.3, -0.25) is 4.79 Å². The fourth-order valence-electron chi connectivity index (χ4n) is 5.99. The first-order valence-corrected chi connectivity index (χ1v) is 16.2. The van der Waals surface area contributed by atoms with Crippen LogP contribution in [-0.4, -0.2) is 67.3 Å². The van der Waals surface area contributed by atoms with Crippen molar-refractivity contribution in [3.8, 4) is 28.5 Å². The molecule has 0 saturated carbocycles. The van der Waals surface area contributed by atoms with Crippen molar-refractivity contribution in [1.82, 2.24) is 19.5 Å². The molecule has 2 aliphatic rings. The van der Waals surface area contributed by atoms with Crippen molar-refractivity contribution in [3.05, 3.63) is 77.0 Å². The second-order valence-corrected chi connectivity index (χ2v) is 14.5. The third-order valence-electron chi connectivity index (χ3n) is 8.17. The summed E-state index contributed by atoms with van der Waals surface area (Å²) in [6, 6.07) is 19.1. The zero-order valence-corrected chi connectivity index (χ0v) is 26.1. The summed E-state index contributed by atoms with van der Waals surface area (Å²) >= 11 is -1.34. The Bertz CT molecular complexity index is 1470. The Hall–Kier alpha value is -3.26. The van der Waals surface area contributed by atoms with Crippen LogP contribution >= 0.6 is 0 Å². The lowest BCUT2D eigenvalue weighted by Gasteiger charge is -2.33. The molecule has 9 heteroatoms. The summed E-state index contributed by atoms with van der Waals surface area (Å²) in [6.07, 6.45) is 4.07. The molecule has 43 heavy (non-hydrogen) atoms. The number of piperidine rings is 1. The standard InChI is InChI=1S/C34H41N5O3S/c1-34(2,3)43(42)39-23-28-21-29(33(41)36-15-18-38-16-5-4-6-17-38)37-32(31(28)30(39)14-19-40)27-9-7-8-26(20-27)25-12-10-24(22-35)11-13-25/h7-13,20-21,30,40H,4-6,14-19,23H2,1-3H3,(H,36,41)/t30-,43?/m0/s1. The van der Waals surface area contributed by atoms with E-state index in [1.807, 2.05) is 67.5 Å². The minimum absolute atomic E-state index is 0.0641. The summed E-state index contributed by atoms with van der Waals surface area (Å²) in [7, 11) is 0. The van der Waals surface area contributed by atoms with E-state index < -0.39 is 16.1 Å². The number of fused-ring (bicyclic) bond motifs is 1. The first-order chi connectivity index (χ1) is 20.7. The maximum Gasteiger partial charge on any atom is 0.269 e. The number of pyridine rings is 1. The average molecular weight is 600 g/mol. The number of aliphatic hydroxyl groups is 1. The van der Waals surface area contributed by atoms with E-state index in [4.69, 9.17) is 4.98 Å². The number of carbonyl (C=O) groups is 1. The van der Waals surface area contributed by atoms with E-state index in [2.05, 4.69) is 16.3 Å². The van der Waals surface area contributed by atoms with Gasteiger partial charge in [0.05, 0.1) is 29.9 Å². The SMILES string of the molecule is CC(C)(C)[S+]([O-])N1Cc2cc(C(=O)NCCN3CCCCC3)nc(-c3cccc(-c4ccc(C#N)cc4)c3)c2[C@@H]1CCO. The van der Waals surface area contributed by atoms with Crippen molar-refractivity contribution in [3.63, 3.8) is 0 Å². The quantitative estimate of drug-likeness (QED) is 0.325. The van der Waals surface area contributed by atoms with Crippen LogP contribution in [0.15, 0.2) is 54.6 Å². The Morgan fingerprint density at radius 3 is 2.49 bits per heavy atom. The van der Waals surface area contributed by atoms with Crippen LogP contribution in [0.3, 0.4) is 0 Å². The van der Waals surface area contributed by atoms with Crippen molar-refractivity contribution >= 4 is 17.3 Å². The number of amides is 1. The Labute approximate surface area is 258 Å². The van der Waals surface area contributed by atoms with Gasteiger partial charge in [-0.2, -0.15) is 5.26 Å². The number of nitriles is 1. The van der Waals surface area contributed by atoms with Crippen LogP contribution in [0.1, 0.15) is 79.7 Å². The summed E-state index contributed by atoms with van der Waals surface area (Å²) in [6.45, 7) is 9.69. The summed E-state index contributed by atoms with van der Waals surface area (Å²) < 4.78 is 15.1. The van der Waals surface area contributed by atoms with Crippen LogP contribution in [0.4, 0.5) is 0 Å². The number of rotatable bonds is 9. The molecule has 1 aromatic heterocycles. The second kappa shape index (κ2) is 13.6. The minimum atomic E-state index is -1.34. The molecule has 2 aromatic carbocycles. The molecule has 0 radical (unpaired) electrons. The molecule has 1 fully saturated rings. The minimum Gasteiger partial charge on any atom is -0.597 e. The van der Waals surface area contributed by atoms with Crippen LogP contribution in [0.2, 0.25) is 0 Å². The summed E-state index contributed by atoms with van der Waals surface area (Å²) in [5.74, 6) is -0.224. The van der Waals surface area contributed by atoms with E-state index in [9.17, 15) is 19.7 Å². The Balaban J connectivity index is 1.53. The smallest absolute Gasteiger partial charge is 0.269 e. The van der Waals surface area contributed by atoms with Crippen molar-refractivity contribution < 1.29 is 14.5 Å². The zero-order chi connectivity index (χ0) is 30.6. The molecule has 0 bridgehead atoms. The molecule has 5 rings (SSSR count). The van der Waals surface area contributed by atoms with Crippen LogP contribution in [-0.2, 0) is 17.9 Å². The number of likely N-dealkylation sites (tertiary alicyclic amines) is 1. The third-order valence-corrected chi connectivity index (χ3v) is 10.0. The van der Waals surface area contributed by atoms with E-state index in [1.165, 1.54) is 19.3 Å². The molecule has 8 nitrogen and oxygen atoms in total. The maximum atomic E-state index is 13.7. The maximum absolute atomic E-state index is 13.7. The number of carbonyl (C=O) groups excluding carboxylic acids is 1. The fraction of sp³-hybridized carbons (Fsp3) is 0.441. The number of hydrogen-bond acceptors (Lipinski definition) is 7. The van der Waals surface area contributed by atoms with Gasteiger partial charge in [0, 0.05) is 42.2 Å². The number of nitrogens with zero attached hydrogens (tertiary/aromatic N) is 4. The number of aromatic nitrogens is 1. The summed E-state index contributed by atoms with van der Waals surface area (Å²) in [5, 5.41) is 22.4. The van der Waals surface area contributed by atoms with Gasteiger partial charge in [0.2, 0.25) is 0 Å². The molecule has 0 spiro atoms. The molecule has 3 aromatic rings. The molecule has 226 valence electrons. The molecule has 3 heterocycles. The Morgan fingerprint density at radius 1 is 1.09 bits per heavy atom. The van der Waals surface area contributed by atoms with Gasteiger partial charge in [-0.1, -0.05) is 36.8 Å². The van der Waals surface area contributed by atoms with Gasteiger partial charge in [-0.25, -0.2) is 4.98 Å². The average Bonchev–Trinajstić information content (AvgIpc) is 3.38. The highest BCUT2D eigenvalue weighted by Gasteiger charge is 2.45. The highest BCUT2D eigenvalue weighted by molar-refractivity contribution is 7.90. The van der Waals surface area contributed by atoms with E-state index >= 15 is 0 Å². The van der Waals surface area contributed by atoms with Gasteiger partial charge in [0.25, 0.3) is 5.91 Å². The molecule has 1 unspecified atom stereocenters. The highest BCUT2D eigenvalue weighted by atomic mass is 32.2. The highest BCUT2D eigenvalue weighted by Crippen LogP contribution is 2.45. The number of hydrogen-bond donors (Lipinski definition) is 2. The molecule has 2 aliphatic heterocycles. The van der Waals surface area contributed by atoms with Crippen LogP contribution in [0.5, 0.6) is 0 Å². The first-order valence-electron chi connectivity index (χ1n) is 15.1. The van der Waals surface area contributed by atoms with Crippen LogP contribution in [0.25, 0.3) is 22.4 Å². The van der Waals surface area contributed by atoms with E-state index in [1.54, 1.807) is 12.1 Å². The normalized spacial score (nSPS) is 18.2. The number of benzene rings is 2. The van der Waals surface area contributed by atoms with Crippen LogP contribution in [0, 0.1) is 11.3 Å². The van der Waals surface area contributed by atoms with E-state index in [0.29, 0.717) is 36.5 Å². The molecular weight excluding hydrogens is 558 g/mol. The van der Waals surface area contributed by atoms with Crippen molar-refractivity contribution in [2.45, 2.75) is 63.8 Å². The lowest BCUT2D eigenvalue weighted by molar-refractivity contribution is 0.0941. The number of nitrogens with one attached hydrogen (secondary N) is 1. The van der Waals surface area contributed by atoms with Crippen molar-refractivity contribution in [2.24, 2.45) is 0 Å². The number of aliphatic hydroxyl groups excluding tert-OH is 1. The van der Waals surface area contributed by atoms with E-state index in [0.717, 1.165) is 47.5 Å². The second-order valence-electron chi connectivity index (χ2n) is 12.3. The van der Waals surface area contributed by atoms with Gasteiger partial charge in [-0.15, -0.1) is 4.31 Å². The predicted octanol–water partition coefficient (Wildman–Crippen LogP) is 5.20. The molecule has 2 atom stereocenters. The first kappa shape index (κ1) is 31.2. The zero-order valence-electron chi connectivity index (χ0n) is 25.3. The van der Waals surface area contributed by atoms with Gasteiger partial charge in [0.1, 0.15) is 10.4 Å². The van der Waals surface area contributed by atoms with Gasteiger partial charge in [-0.05, 0) is 94.1 Å². The van der Waals surface area contributed by atoms with Crippen LogP contribution < -0.4 is 5.32 Å². The van der Waals surface area contributed by atoms with Crippen molar-refractivity contribution in [2.75, 3.05) is 32.8 Å². The Morgan fingerprint density at radius 2 is 1.81 bits per heavy atom. The Kier molecular flexibility index (Phi) is 9.85. The molecule has 2 N–H and O–H groups in total. The topological polar surface area (TPSA) is 116 Å². The summed E-state index contributed by atoms with van der Waals surface area (Å²) in [5.41, 5.74) is 6.18. The fourth-order valence-corrected chi connectivity index (χ4v) is 7.39. The van der Waals surface area contributed by atoms with Gasteiger partial charge in [0.15, 0.2) is 0 Å². The largest absolute Gasteiger partial charge is 0.597 e. The monoisotopic (exact) mass is 599 g/mol. The van der Waals surface area contributed by atoms with Crippen molar-refractivity contribution in [1.29, 1.82) is 5.26 Å². The summed E-state index contributed by atoms with van der Waals surface area (Å²) in [4.78, 5) is 20.8. The molecule has 1 amide bonds. The lowest BCUT2D eigenvalue weighted by Crippen LogP contribution is -2.42. The third kappa shape index (κ3) is 7.11. The lowest BCUT2D eigenvalue weighted by atomic mass is 9.94. The molecule has 1 saturated heterocycles. The van der Waals surface area contributed by atoms with Gasteiger partial charge < -0.3 is 19.9 Å². The van der Waals surface area contributed by atoms with Gasteiger partial charge >= 0.3 is 0 Å². The van der Waals surface area contributed by atoms with E-state index in [-0.39, 0.29) is 18.6 Å². The molecule has 0 aliphatic carbocycles. The predicted molar refractivity (Wildman–Crippen MR) is 170 cm³/mol. The molecular formula is C34H41N5O3S.